The number of hydrogen-bond acceptors (Lipinski definition) is 2. The SMILES string of the molecule is O=C(NCC1(c2ccccc2)CC1)c1nc(Cl)ccc1Cl. The van der Waals surface area contributed by atoms with Crippen molar-refractivity contribution in [2.45, 2.75) is 18.3 Å². The topological polar surface area (TPSA) is 42.0 Å². The summed E-state index contributed by atoms with van der Waals surface area (Å²) in [5.41, 5.74) is 1.49. The Bertz CT molecular complexity index is 669. The second kappa shape index (κ2) is 5.66. The molecule has 0 unspecified atom stereocenters. The van der Waals surface area contributed by atoms with Gasteiger partial charge in [0.15, 0.2) is 0 Å². The summed E-state index contributed by atoms with van der Waals surface area (Å²) in [6.45, 7) is 0.584. The average Bonchev–Trinajstić information content (AvgIpc) is 3.29. The third kappa shape index (κ3) is 3.04. The van der Waals surface area contributed by atoms with Gasteiger partial charge in [-0.2, -0.15) is 0 Å². The Morgan fingerprint density at radius 1 is 1.14 bits per heavy atom. The van der Waals surface area contributed by atoms with Crippen LogP contribution in [0.15, 0.2) is 42.5 Å². The van der Waals surface area contributed by atoms with Crippen molar-refractivity contribution >= 4 is 29.1 Å². The molecule has 3 nitrogen and oxygen atoms in total. The summed E-state index contributed by atoms with van der Waals surface area (Å²) in [5, 5.41) is 3.49. The Morgan fingerprint density at radius 3 is 2.52 bits per heavy atom. The molecule has 21 heavy (non-hydrogen) atoms. The van der Waals surface area contributed by atoms with Gasteiger partial charge in [0.05, 0.1) is 5.02 Å². The summed E-state index contributed by atoms with van der Waals surface area (Å²) in [4.78, 5) is 16.2. The molecule has 1 saturated carbocycles. The quantitative estimate of drug-likeness (QED) is 0.869. The van der Waals surface area contributed by atoms with Crippen molar-refractivity contribution in [1.29, 1.82) is 0 Å². The second-order valence-corrected chi connectivity index (χ2v) is 6.09. The second-order valence-electron chi connectivity index (χ2n) is 5.29. The van der Waals surface area contributed by atoms with Crippen molar-refractivity contribution in [2.75, 3.05) is 6.54 Å². The number of aromatic nitrogens is 1. The zero-order valence-electron chi connectivity index (χ0n) is 11.3. The maximum absolute atomic E-state index is 12.2. The molecule has 1 N–H and O–H groups in total. The number of hydrogen-bond donors (Lipinski definition) is 1. The fourth-order valence-electron chi connectivity index (χ4n) is 2.42. The van der Waals surface area contributed by atoms with E-state index in [1.54, 1.807) is 12.1 Å². The van der Waals surface area contributed by atoms with Gasteiger partial charge >= 0.3 is 0 Å². The molecule has 3 rings (SSSR count). The third-order valence-corrected chi connectivity index (χ3v) is 4.37. The van der Waals surface area contributed by atoms with Crippen LogP contribution in [0.25, 0.3) is 0 Å². The monoisotopic (exact) mass is 320 g/mol. The first kappa shape index (κ1) is 14.4. The molecule has 5 heteroatoms. The molecule has 0 aliphatic heterocycles. The van der Waals surface area contributed by atoms with E-state index in [-0.39, 0.29) is 22.2 Å². The van der Waals surface area contributed by atoms with Gasteiger partial charge in [-0.15, -0.1) is 0 Å². The van der Waals surface area contributed by atoms with Crippen LogP contribution in [0, 0.1) is 0 Å². The number of halogens is 2. The van der Waals surface area contributed by atoms with Crippen LogP contribution in [-0.2, 0) is 5.41 Å². The molecule has 1 aliphatic rings. The predicted molar refractivity (Wildman–Crippen MR) is 83.9 cm³/mol. The zero-order valence-corrected chi connectivity index (χ0v) is 12.8. The smallest absolute Gasteiger partial charge is 0.271 e. The number of carbonyl (C=O) groups excluding carboxylic acids is 1. The van der Waals surface area contributed by atoms with Crippen LogP contribution in [-0.4, -0.2) is 17.4 Å². The first-order valence-electron chi connectivity index (χ1n) is 6.76. The average molecular weight is 321 g/mol. The van der Waals surface area contributed by atoms with E-state index in [4.69, 9.17) is 23.2 Å². The Balaban J connectivity index is 1.71. The summed E-state index contributed by atoms with van der Waals surface area (Å²) in [5.74, 6) is -0.287. The highest BCUT2D eigenvalue weighted by Crippen LogP contribution is 2.47. The van der Waals surface area contributed by atoms with Crippen molar-refractivity contribution in [1.82, 2.24) is 10.3 Å². The van der Waals surface area contributed by atoms with Gasteiger partial charge < -0.3 is 5.32 Å². The minimum Gasteiger partial charge on any atom is -0.350 e. The Morgan fingerprint density at radius 2 is 1.86 bits per heavy atom. The van der Waals surface area contributed by atoms with Gasteiger partial charge in [0.2, 0.25) is 0 Å². The lowest BCUT2D eigenvalue weighted by Crippen LogP contribution is -2.32. The minimum atomic E-state index is -0.287. The normalized spacial score (nSPS) is 15.5. The number of nitrogens with one attached hydrogen (secondary N) is 1. The van der Waals surface area contributed by atoms with Gasteiger partial charge in [-0.25, -0.2) is 4.98 Å². The Kier molecular flexibility index (Phi) is 3.87. The van der Waals surface area contributed by atoms with E-state index in [0.29, 0.717) is 11.6 Å². The molecule has 0 radical (unpaired) electrons. The molecular weight excluding hydrogens is 307 g/mol. The van der Waals surface area contributed by atoms with Crippen LogP contribution in [0.5, 0.6) is 0 Å². The minimum absolute atomic E-state index is 0.0575. The van der Waals surface area contributed by atoms with Crippen LogP contribution >= 0.6 is 23.2 Å². The number of rotatable bonds is 4. The molecule has 1 aliphatic carbocycles. The molecule has 0 saturated heterocycles. The highest BCUT2D eigenvalue weighted by molar-refractivity contribution is 6.34. The lowest BCUT2D eigenvalue weighted by Gasteiger charge is -2.16. The lowest BCUT2D eigenvalue weighted by atomic mass is 9.96. The summed E-state index contributed by atoms with van der Waals surface area (Å²) < 4.78 is 0. The molecule has 1 aromatic heterocycles. The first-order valence-corrected chi connectivity index (χ1v) is 7.52. The number of pyridine rings is 1. The molecule has 1 fully saturated rings. The van der Waals surface area contributed by atoms with Crippen molar-refractivity contribution in [3.8, 4) is 0 Å². The number of carbonyl (C=O) groups is 1. The summed E-state index contributed by atoms with van der Waals surface area (Å²) in [6, 6.07) is 13.4. The van der Waals surface area contributed by atoms with Gasteiger partial charge in [-0.05, 0) is 30.5 Å². The molecule has 1 aromatic carbocycles. The molecule has 108 valence electrons. The molecule has 0 bridgehead atoms. The van der Waals surface area contributed by atoms with Crippen LogP contribution in [0.2, 0.25) is 10.2 Å². The predicted octanol–water partition coefficient (Wildman–Crippen LogP) is 3.85. The van der Waals surface area contributed by atoms with E-state index < -0.39 is 0 Å². The van der Waals surface area contributed by atoms with E-state index in [0.717, 1.165) is 12.8 Å². The van der Waals surface area contributed by atoms with E-state index in [1.807, 2.05) is 18.2 Å². The number of nitrogens with zero attached hydrogens (tertiary/aromatic N) is 1. The maximum Gasteiger partial charge on any atom is 0.271 e. The highest BCUT2D eigenvalue weighted by Gasteiger charge is 2.44. The number of benzene rings is 1. The van der Waals surface area contributed by atoms with E-state index in [9.17, 15) is 4.79 Å². The molecule has 0 atom stereocenters. The van der Waals surface area contributed by atoms with Gasteiger partial charge in [-0.3, -0.25) is 4.79 Å². The largest absolute Gasteiger partial charge is 0.350 e. The lowest BCUT2D eigenvalue weighted by molar-refractivity contribution is 0.0945. The Hall–Kier alpha value is -1.58. The van der Waals surface area contributed by atoms with E-state index in [1.165, 1.54) is 5.56 Å². The van der Waals surface area contributed by atoms with Crippen molar-refractivity contribution in [3.05, 3.63) is 63.9 Å². The van der Waals surface area contributed by atoms with Gasteiger partial charge in [0.25, 0.3) is 5.91 Å². The zero-order chi connectivity index (χ0) is 14.9. The molecule has 1 heterocycles. The highest BCUT2D eigenvalue weighted by atomic mass is 35.5. The fourth-order valence-corrected chi connectivity index (χ4v) is 2.76. The number of amides is 1. The van der Waals surface area contributed by atoms with Gasteiger partial charge in [0.1, 0.15) is 10.8 Å². The summed E-state index contributed by atoms with van der Waals surface area (Å²) >= 11 is 11.8. The van der Waals surface area contributed by atoms with E-state index in [2.05, 4.69) is 22.4 Å². The van der Waals surface area contributed by atoms with Crippen LogP contribution in [0.1, 0.15) is 28.9 Å². The fraction of sp³-hybridized carbons (Fsp3) is 0.250. The molecule has 2 aromatic rings. The summed E-state index contributed by atoms with van der Waals surface area (Å²) in [7, 11) is 0. The van der Waals surface area contributed by atoms with Crippen LogP contribution < -0.4 is 5.32 Å². The van der Waals surface area contributed by atoms with Crippen LogP contribution in [0.3, 0.4) is 0 Å². The van der Waals surface area contributed by atoms with Crippen molar-refractivity contribution in [2.24, 2.45) is 0 Å². The Labute approximate surface area is 133 Å². The van der Waals surface area contributed by atoms with Crippen LogP contribution in [0.4, 0.5) is 0 Å². The van der Waals surface area contributed by atoms with Gasteiger partial charge in [-0.1, -0.05) is 53.5 Å². The van der Waals surface area contributed by atoms with Gasteiger partial charge in [0, 0.05) is 12.0 Å². The standard InChI is InChI=1S/C16H14Cl2N2O/c17-12-6-7-13(18)20-14(12)15(21)19-10-16(8-9-16)11-4-2-1-3-5-11/h1-7H,8-10H2,(H,19,21). The molecular formula is C16H14Cl2N2O. The molecule has 1 amide bonds. The van der Waals surface area contributed by atoms with Crippen molar-refractivity contribution < 1.29 is 4.79 Å². The third-order valence-electron chi connectivity index (χ3n) is 3.85. The molecule has 0 spiro atoms. The van der Waals surface area contributed by atoms with E-state index >= 15 is 0 Å². The van der Waals surface area contributed by atoms with Crippen molar-refractivity contribution in [3.63, 3.8) is 0 Å². The maximum atomic E-state index is 12.2. The first-order chi connectivity index (χ1) is 10.1. The summed E-state index contributed by atoms with van der Waals surface area (Å²) in [6.07, 6.45) is 2.15.